The van der Waals surface area contributed by atoms with E-state index >= 15 is 13.2 Å². The maximum atomic E-state index is 15.6. The fourth-order valence-corrected chi connectivity index (χ4v) is 8.87. The van der Waals surface area contributed by atoms with Crippen molar-refractivity contribution in [2.24, 2.45) is 5.92 Å². The van der Waals surface area contributed by atoms with Gasteiger partial charge in [-0.25, -0.2) is 36.7 Å². The molecular formula is C61H62F4N8O13. The van der Waals surface area contributed by atoms with Crippen LogP contribution in [0.3, 0.4) is 0 Å². The van der Waals surface area contributed by atoms with E-state index in [1.807, 2.05) is 0 Å². The van der Waals surface area contributed by atoms with Gasteiger partial charge in [-0.2, -0.15) is 39.1 Å². The minimum absolute atomic E-state index is 0.0181. The second-order valence-corrected chi connectivity index (χ2v) is 21.6. The number of hydrogen-bond acceptors (Lipinski definition) is 16. The predicted molar refractivity (Wildman–Crippen MR) is 299 cm³/mol. The molecule has 1 fully saturated rings. The number of carbonyl (C=O) groups excluding carboxylic acids is 3. The first-order valence-corrected chi connectivity index (χ1v) is 27.5. The second-order valence-electron chi connectivity index (χ2n) is 21.6. The molecule has 452 valence electrons. The van der Waals surface area contributed by atoms with E-state index in [0.29, 0.717) is 0 Å². The highest BCUT2D eigenvalue weighted by molar-refractivity contribution is 5.89. The molecule has 4 heterocycles. The molecule has 1 aliphatic rings. The number of aliphatic hydroxyl groups is 1. The third-order valence-corrected chi connectivity index (χ3v) is 14.5. The van der Waals surface area contributed by atoms with Crippen molar-refractivity contribution in [3.05, 3.63) is 167 Å². The zero-order valence-electron chi connectivity index (χ0n) is 48.0. The van der Waals surface area contributed by atoms with E-state index in [9.17, 15) is 33.8 Å². The maximum Gasteiger partial charge on any atom is 0.359 e. The fraction of sp³-hybridized carbons (Fsp3) is 0.344. The van der Waals surface area contributed by atoms with Gasteiger partial charge in [-0.05, 0) is 114 Å². The standard InChI is InChI=1S/C61H62F4N8O13/c1-8-59(6,34-81-50-29-42(54(74)75)66-70(50)46-23-15-11-19-38(46)62)85-56(77)44-31-51(71(68-44)47-24-16-12-20-39(47)63)80-33-58(4,5)84-55(76)43-30-53(73(67-43)49-26-18-14-22-41(49)65)83-36-61(9-2,10-3)86-57(78)45-32-52(82-35-60(7,79)37-27-28-37)72(69-45)48-25-17-13-21-40(48)64/h11-26,29-32,37,79H,8-10,27-28,33-36H2,1-7H3,(H,74,75). The van der Waals surface area contributed by atoms with Gasteiger partial charge in [0.05, 0.1) is 5.60 Å². The summed E-state index contributed by atoms with van der Waals surface area (Å²) in [6.45, 7) is 10.1. The predicted octanol–water partition coefficient (Wildman–Crippen LogP) is 10.4. The Bertz CT molecular complexity index is 3790. The first-order chi connectivity index (χ1) is 40.9. The van der Waals surface area contributed by atoms with Gasteiger partial charge in [-0.1, -0.05) is 69.3 Å². The van der Waals surface area contributed by atoms with E-state index < -0.39 is 81.9 Å². The Morgan fingerprint density at radius 3 is 1.19 bits per heavy atom. The van der Waals surface area contributed by atoms with Crippen LogP contribution in [0.2, 0.25) is 0 Å². The summed E-state index contributed by atoms with van der Waals surface area (Å²) in [6.07, 6.45) is 2.16. The lowest BCUT2D eigenvalue weighted by atomic mass is 9.98. The van der Waals surface area contributed by atoms with Crippen molar-refractivity contribution in [3.63, 3.8) is 0 Å². The Labute approximate surface area is 490 Å². The molecule has 4 aromatic carbocycles. The summed E-state index contributed by atoms with van der Waals surface area (Å²) in [6, 6.07) is 27.1. The summed E-state index contributed by atoms with van der Waals surface area (Å²) < 4.78 is 108. The van der Waals surface area contributed by atoms with Crippen LogP contribution in [0, 0.1) is 29.2 Å². The van der Waals surface area contributed by atoms with E-state index in [0.717, 1.165) is 49.8 Å². The molecule has 4 aromatic heterocycles. The average molecular weight is 1190 g/mol. The molecule has 86 heavy (non-hydrogen) atoms. The third kappa shape index (κ3) is 13.7. The molecule has 2 unspecified atom stereocenters. The van der Waals surface area contributed by atoms with Crippen molar-refractivity contribution < 1.29 is 80.1 Å². The van der Waals surface area contributed by atoms with E-state index in [4.69, 9.17) is 33.2 Å². The summed E-state index contributed by atoms with van der Waals surface area (Å²) in [7, 11) is 0. The minimum atomic E-state index is -1.52. The molecule has 2 atom stereocenters. The van der Waals surface area contributed by atoms with Gasteiger partial charge in [-0.3, -0.25) is 0 Å². The van der Waals surface area contributed by atoms with Gasteiger partial charge in [-0.15, -0.1) is 0 Å². The lowest BCUT2D eigenvalue weighted by Crippen LogP contribution is -2.40. The molecule has 9 rings (SSSR count). The van der Waals surface area contributed by atoms with Crippen LogP contribution in [0.5, 0.6) is 23.5 Å². The molecule has 0 amide bonds. The third-order valence-electron chi connectivity index (χ3n) is 14.5. The lowest BCUT2D eigenvalue weighted by molar-refractivity contribution is -0.0474. The molecule has 25 heteroatoms. The molecule has 0 bridgehead atoms. The number of esters is 3. The number of carboxylic acid groups (broad SMARTS) is 1. The van der Waals surface area contributed by atoms with Gasteiger partial charge < -0.3 is 43.4 Å². The van der Waals surface area contributed by atoms with Crippen LogP contribution in [0.4, 0.5) is 17.6 Å². The number of aromatic nitrogens is 8. The number of para-hydroxylation sites is 4. The number of carboxylic acids is 1. The molecule has 0 radical (unpaired) electrons. The van der Waals surface area contributed by atoms with Gasteiger partial charge in [0.25, 0.3) is 0 Å². The Balaban J connectivity index is 0.909. The lowest BCUT2D eigenvalue weighted by Gasteiger charge is -2.31. The number of carbonyl (C=O) groups is 4. The van der Waals surface area contributed by atoms with E-state index in [1.54, 1.807) is 39.8 Å². The Morgan fingerprint density at radius 1 is 0.477 bits per heavy atom. The Kier molecular flexibility index (Phi) is 17.7. The van der Waals surface area contributed by atoms with Crippen LogP contribution >= 0.6 is 0 Å². The van der Waals surface area contributed by atoms with Gasteiger partial charge in [0.1, 0.15) is 89.2 Å². The van der Waals surface area contributed by atoms with Crippen LogP contribution < -0.4 is 18.9 Å². The van der Waals surface area contributed by atoms with Crippen LogP contribution in [0.25, 0.3) is 22.7 Å². The first-order valence-electron chi connectivity index (χ1n) is 27.5. The molecule has 0 saturated heterocycles. The fourth-order valence-electron chi connectivity index (χ4n) is 8.87. The van der Waals surface area contributed by atoms with Crippen molar-refractivity contribution in [1.29, 1.82) is 0 Å². The topological polar surface area (TPSA) is 245 Å². The molecule has 8 aromatic rings. The van der Waals surface area contributed by atoms with Crippen LogP contribution in [0.15, 0.2) is 121 Å². The number of nitrogens with zero attached hydrogens (tertiary/aromatic N) is 8. The molecule has 0 spiro atoms. The summed E-state index contributed by atoms with van der Waals surface area (Å²) in [4.78, 5) is 54.0. The number of hydrogen-bond donors (Lipinski definition) is 2. The molecule has 0 aliphatic heterocycles. The number of aromatic carboxylic acids is 1. The summed E-state index contributed by atoms with van der Waals surface area (Å²) >= 11 is 0. The minimum Gasteiger partial charge on any atom is -0.476 e. The van der Waals surface area contributed by atoms with Crippen molar-refractivity contribution in [2.45, 2.75) is 103 Å². The molecule has 21 nitrogen and oxygen atoms in total. The largest absolute Gasteiger partial charge is 0.476 e. The van der Waals surface area contributed by atoms with Crippen LogP contribution in [-0.2, 0) is 14.2 Å². The zero-order valence-corrected chi connectivity index (χ0v) is 48.0. The smallest absolute Gasteiger partial charge is 0.359 e. The van der Waals surface area contributed by atoms with Crippen molar-refractivity contribution in [1.82, 2.24) is 39.1 Å². The van der Waals surface area contributed by atoms with Gasteiger partial charge in [0.2, 0.25) is 23.5 Å². The normalized spacial score (nSPS) is 14.0. The van der Waals surface area contributed by atoms with E-state index in [2.05, 4.69) is 20.4 Å². The SMILES string of the molecule is CCC(C)(COc1cc(C(=O)O)nn1-c1ccccc1F)OC(=O)c1cc(OCC(C)(C)OC(=O)c2cc(OCC(CC)(CC)OC(=O)c3cc(OCC(C)(O)C4CC4)n(-c4ccccc4F)n3)n(-c3ccccc3F)n2)n(-c2ccccc2F)n1. The van der Waals surface area contributed by atoms with E-state index in [-0.39, 0.29) is 108 Å². The highest BCUT2D eigenvalue weighted by Gasteiger charge is 2.42. The average Bonchev–Trinajstić information content (AvgIpc) is 3.10. The second kappa shape index (κ2) is 25.0. The summed E-state index contributed by atoms with van der Waals surface area (Å²) in [5, 5.41) is 37.7. The number of benzene rings is 4. The summed E-state index contributed by atoms with van der Waals surface area (Å²) in [5.41, 5.74) is -7.23. The van der Waals surface area contributed by atoms with Crippen LogP contribution in [-0.4, -0.2) is 122 Å². The molecule has 1 saturated carbocycles. The van der Waals surface area contributed by atoms with Gasteiger partial charge >= 0.3 is 23.9 Å². The highest BCUT2D eigenvalue weighted by Crippen LogP contribution is 2.40. The Hall–Kier alpha value is -9.52. The van der Waals surface area contributed by atoms with Gasteiger partial charge in [0.15, 0.2) is 22.8 Å². The van der Waals surface area contributed by atoms with Gasteiger partial charge in [0, 0.05) is 24.3 Å². The van der Waals surface area contributed by atoms with E-state index in [1.165, 1.54) is 112 Å². The quantitative estimate of drug-likeness (QED) is 0.0276. The highest BCUT2D eigenvalue weighted by atomic mass is 19.1. The molecule has 2 N–H and O–H groups in total. The summed E-state index contributed by atoms with van der Waals surface area (Å²) in [5.74, 6) is -7.67. The first kappa shape index (κ1) is 61.1. The molecular weight excluding hydrogens is 1130 g/mol. The maximum absolute atomic E-state index is 15.6. The van der Waals surface area contributed by atoms with Crippen molar-refractivity contribution >= 4 is 23.9 Å². The van der Waals surface area contributed by atoms with Crippen LogP contribution in [0.1, 0.15) is 123 Å². The van der Waals surface area contributed by atoms with Crippen molar-refractivity contribution in [2.75, 3.05) is 26.4 Å². The number of rotatable bonds is 27. The number of halogens is 4. The molecule has 1 aliphatic carbocycles. The van der Waals surface area contributed by atoms with Crippen molar-refractivity contribution in [3.8, 4) is 46.3 Å². The monoisotopic (exact) mass is 1190 g/mol. The zero-order chi connectivity index (χ0) is 61.7. The number of ether oxygens (including phenoxy) is 7. The Morgan fingerprint density at radius 2 is 0.814 bits per heavy atom.